The van der Waals surface area contributed by atoms with Crippen molar-refractivity contribution in [2.45, 2.75) is 25.8 Å². The molecule has 24 heavy (non-hydrogen) atoms. The van der Waals surface area contributed by atoms with Crippen molar-refractivity contribution in [2.24, 2.45) is 0 Å². The Balaban J connectivity index is 1.66. The van der Waals surface area contributed by atoms with E-state index in [1.807, 2.05) is 42.6 Å². The van der Waals surface area contributed by atoms with E-state index in [-0.39, 0.29) is 11.8 Å². The average molecular weight is 344 g/mol. The van der Waals surface area contributed by atoms with Crippen LogP contribution in [-0.2, 0) is 4.79 Å². The molecule has 2 amide bonds. The summed E-state index contributed by atoms with van der Waals surface area (Å²) in [7, 11) is 0. The predicted molar refractivity (Wildman–Crippen MR) is 94.6 cm³/mol. The SMILES string of the molecule is CCOc1ccc(NC(=O)[C@H]2CCCN2C(=O)c2cccs2)cc1. The van der Waals surface area contributed by atoms with Gasteiger partial charge < -0.3 is 15.0 Å². The molecule has 1 N–H and O–H groups in total. The number of amides is 2. The van der Waals surface area contributed by atoms with Crippen molar-refractivity contribution in [2.75, 3.05) is 18.5 Å². The molecule has 1 aliphatic rings. The fourth-order valence-electron chi connectivity index (χ4n) is 2.85. The summed E-state index contributed by atoms with van der Waals surface area (Å²) >= 11 is 1.40. The lowest BCUT2D eigenvalue weighted by molar-refractivity contribution is -0.119. The molecule has 1 atom stereocenters. The predicted octanol–water partition coefficient (Wildman–Crippen LogP) is 3.39. The van der Waals surface area contributed by atoms with Crippen LogP contribution in [0.3, 0.4) is 0 Å². The minimum Gasteiger partial charge on any atom is -0.494 e. The highest BCUT2D eigenvalue weighted by molar-refractivity contribution is 7.12. The highest BCUT2D eigenvalue weighted by Crippen LogP contribution is 2.24. The zero-order valence-corrected chi connectivity index (χ0v) is 14.3. The van der Waals surface area contributed by atoms with Crippen LogP contribution < -0.4 is 10.1 Å². The molecule has 0 spiro atoms. The van der Waals surface area contributed by atoms with Crippen LogP contribution in [0.2, 0.25) is 0 Å². The molecule has 0 unspecified atom stereocenters. The van der Waals surface area contributed by atoms with Crippen molar-refractivity contribution in [3.8, 4) is 5.75 Å². The number of ether oxygens (including phenoxy) is 1. The normalized spacial score (nSPS) is 16.9. The molecule has 2 aromatic rings. The molecule has 5 nitrogen and oxygen atoms in total. The Kier molecular flexibility index (Phi) is 5.15. The van der Waals surface area contributed by atoms with Gasteiger partial charge in [0, 0.05) is 12.2 Å². The largest absolute Gasteiger partial charge is 0.494 e. The molecule has 0 saturated carbocycles. The van der Waals surface area contributed by atoms with Gasteiger partial charge in [-0.05, 0) is 55.5 Å². The number of thiophene rings is 1. The first-order valence-corrected chi connectivity index (χ1v) is 8.95. The van der Waals surface area contributed by atoms with E-state index in [9.17, 15) is 9.59 Å². The molecule has 1 aromatic carbocycles. The van der Waals surface area contributed by atoms with E-state index in [0.717, 1.165) is 12.2 Å². The number of hydrogen-bond donors (Lipinski definition) is 1. The second-order valence-electron chi connectivity index (χ2n) is 5.58. The van der Waals surface area contributed by atoms with Gasteiger partial charge in [0.25, 0.3) is 5.91 Å². The van der Waals surface area contributed by atoms with Crippen molar-refractivity contribution in [3.63, 3.8) is 0 Å². The molecule has 126 valence electrons. The van der Waals surface area contributed by atoms with E-state index >= 15 is 0 Å². The number of likely N-dealkylation sites (tertiary alicyclic amines) is 1. The monoisotopic (exact) mass is 344 g/mol. The van der Waals surface area contributed by atoms with E-state index in [1.165, 1.54) is 11.3 Å². The minimum absolute atomic E-state index is 0.0608. The van der Waals surface area contributed by atoms with Gasteiger partial charge in [-0.1, -0.05) is 6.07 Å². The first kappa shape index (κ1) is 16.5. The Hall–Kier alpha value is -2.34. The van der Waals surface area contributed by atoms with Gasteiger partial charge in [-0.15, -0.1) is 11.3 Å². The van der Waals surface area contributed by atoms with Crippen molar-refractivity contribution >= 4 is 28.8 Å². The molecule has 1 aromatic heterocycles. The van der Waals surface area contributed by atoms with Gasteiger partial charge in [0.05, 0.1) is 11.5 Å². The Morgan fingerprint density at radius 1 is 1.29 bits per heavy atom. The third-order valence-electron chi connectivity index (χ3n) is 3.98. The average Bonchev–Trinajstić information content (AvgIpc) is 3.28. The molecule has 1 aliphatic heterocycles. The van der Waals surface area contributed by atoms with Crippen LogP contribution in [0.1, 0.15) is 29.4 Å². The molecular weight excluding hydrogens is 324 g/mol. The number of nitrogens with one attached hydrogen (secondary N) is 1. The summed E-state index contributed by atoms with van der Waals surface area (Å²) in [4.78, 5) is 27.5. The van der Waals surface area contributed by atoms with Gasteiger partial charge in [-0.2, -0.15) is 0 Å². The maximum Gasteiger partial charge on any atom is 0.264 e. The topological polar surface area (TPSA) is 58.6 Å². The highest BCUT2D eigenvalue weighted by Gasteiger charge is 2.34. The Labute approximate surface area is 145 Å². The molecule has 1 fully saturated rings. The molecule has 3 rings (SSSR count). The lowest BCUT2D eigenvalue weighted by Gasteiger charge is -2.23. The summed E-state index contributed by atoms with van der Waals surface area (Å²) in [5.41, 5.74) is 0.707. The maximum atomic E-state index is 12.6. The fraction of sp³-hybridized carbons (Fsp3) is 0.333. The van der Waals surface area contributed by atoms with Crippen molar-refractivity contribution in [1.82, 2.24) is 4.90 Å². The number of rotatable bonds is 5. The number of hydrogen-bond acceptors (Lipinski definition) is 4. The molecular formula is C18H20N2O3S. The molecule has 0 radical (unpaired) electrons. The smallest absolute Gasteiger partial charge is 0.264 e. The molecule has 0 aliphatic carbocycles. The van der Waals surface area contributed by atoms with E-state index < -0.39 is 6.04 Å². The van der Waals surface area contributed by atoms with Gasteiger partial charge in [0.15, 0.2) is 0 Å². The lowest BCUT2D eigenvalue weighted by Crippen LogP contribution is -2.42. The minimum atomic E-state index is -0.411. The molecule has 1 saturated heterocycles. The zero-order chi connectivity index (χ0) is 16.9. The number of anilines is 1. The van der Waals surface area contributed by atoms with Crippen molar-refractivity contribution in [3.05, 3.63) is 46.7 Å². The number of carbonyl (C=O) groups excluding carboxylic acids is 2. The van der Waals surface area contributed by atoms with Crippen LogP contribution in [0, 0.1) is 0 Å². The van der Waals surface area contributed by atoms with E-state index in [4.69, 9.17) is 4.74 Å². The van der Waals surface area contributed by atoms with Crippen LogP contribution in [0.15, 0.2) is 41.8 Å². The third kappa shape index (κ3) is 3.59. The summed E-state index contributed by atoms with van der Waals surface area (Å²) in [6.45, 7) is 3.15. The number of benzene rings is 1. The third-order valence-corrected chi connectivity index (χ3v) is 4.84. The van der Waals surface area contributed by atoms with Gasteiger partial charge in [0.2, 0.25) is 5.91 Å². The van der Waals surface area contributed by atoms with Crippen molar-refractivity contribution < 1.29 is 14.3 Å². The van der Waals surface area contributed by atoms with E-state index in [2.05, 4.69) is 5.32 Å². The molecule has 2 heterocycles. The zero-order valence-electron chi connectivity index (χ0n) is 13.5. The quantitative estimate of drug-likeness (QED) is 0.904. The van der Waals surface area contributed by atoms with Crippen LogP contribution in [0.4, 0.5) is 5.69 Å². The van der Waals surface area contributed by atoms with Gasteiger partial charge >= 0.3 is 0 Å². The Morgan fingerprint density at radius 3 is 2.75 bits per heavy atom. The summed E-state index contributed by atoms with van der Waals surface area (Å²) in [5.74, 6) is 0.571. The first-order chi connectivity index (χ1) is 11.7. The summed E-state index contributed by atoms with van der Waals surface area (Å²) in [6, 6.07) is 10.5. The highest BCUT2D eigenvalue weighted by atomic mass is 32.1. The lowest BCUT2D eigenvalue weighted by atomic mass is 10.2. The summed E-state index contributed by atoms with van der Waals surface area (Å²) < 4.78 is 5.39. The number of carbonyl (C=O) groups is 2. The Bertz CT molecular complexity index is 698. The number of nitrogens with zero attached hydrogens (tertiary/aromatic N) is 1. The maximum absolute atomic E-state index is 12.6. The van der Waals surface area contributed by atoms with Crippen LogP contribution in [0.25, 0.3) is 0 Å². The van der Waals surface area contributed by atoms with Crippen LogP contribution >= 0.6 is 11.3 Å². The second kappa shape index (κ2) is 7.49. The summed E-state index contributed by atoms with van der Waals surface area (Å²) in [6.07, 6.45) is 1.54. The van der Waals surface area contributed by atoms with E-state index in [1.54, 1.807) is 11.0 Å². The van der Waals surface area contributed by atoms with Gasteiger partial charge in [-0.25, -0.2) is 0 Å². The van der Waals surface area contributed by atoms with Gasteiger partial charge in [-0.3, -0.25) is 9.59 Å². The first-order valence-electron chi connectivity index (χ1n) is 8.07. The van der Waals surface area contributed by atoms with Crippen LogP contribution in [0.5, 0.6) is 5.75 Å². The molecule has 6 heteroatoms. The standard InChI is InChI=1S/C18H20N2O3S/c1-2-23-14-9-7-13(8-10-14)19-17(21)15-5-3-11-20(15)18(22)16-6-4-12-24-16/h4,6-10,12,15H,2-3,5,11H2,1H3,(H,19,21)/t15-/m1/s1. The van der Waals surface area contributed by atoms with Crippen molar-refractivity contribution in [1.29, 1.82) is 0 Å². The molecule has 0 bridgehead atoms. The fourth-order valence-corrected chi connectivity index (χ4v) is 3.53. The van der Waals surface area contributed by atoms with Crippen LogP contribution in [-0.4, -0.2) is 35.9 Å². The van der Waals surface area contributed by atoms with Gasteiger partial charge in [0.1, 0.15) is 11.8 Å². The second-order valence-corrected chi connectivity index (χ2v) is 6.53. The Morgan fingerprint density at radius 2 is 2.08 bits per heavy atom. The summed E-state index contributed by atoms with van der Waals surface area (Å²) in [5, 5.41) is 4.77. The van der Waals surface area contributed by atoms with E-state index in [0.29, 0.717) is 30.1 Å².